The Morgan fingerprint density at radius 2 is 0.952 bits per heavy atom. The summed E-state index contributed by atoms with van der Waals surface area (Å²) in [6, 6.07) is 0. The zero-order chi connectivity index (χ0) is 15.0. The molecular weight excluding hydrogens is 260 g/mol. The van der Waals surface area contributed by atoms with Gasteiger partial charge in [-0.25, -0.2) is 0 Å². The third kappa shape index (κ3) is 5.56. The van der Waals surface area contributed by atoms with Crippen molar-refractivity contribution < 1.29 is 9.47 Å². The van der Waals surface area contributed by atoms with Crippen molar-refractivity contribution in [3.05, 3.63) is 0 Å². The van der Waals surface area contributed by atoms with Crippen LogP contribution in [0.25, 0.3) is 0 Å². The minimum absolute atomic E-state index is 0.0766. The van der Waals surface area contributed by atoms with E-state index < -0.39 is 0 Å². The van der Waals surface area contributed by atoms with E-state index in [1.807, 2.05) is 0 Å². The van der Waals surface area contributed by atoms with Crippen LogP contribution in [0.5, 0.6) is 0 Å². The maximum atomic E-state index is 5.83. The fourth-order valence-corrected chi connectivity index (χ4v) is 3.50. The molecule has 2 rings (SSSR count). The average Bonchev–Trinajstić information content (AvgIpc) is 3.37. The number of unbranched alkanes of at least 4 members (excludes halogenated alkanes) is 10. The highest BCUT2D eigenvalue weighted by molar-refractivity contribution is 5.11. The molecule has 2 saturated heterocycles. The van der Waals surface area contributed by atoms with Gasteiger partial charge in [-0.1, -0.05) is 90.9 Å². The van der Waals surface area contributed by atoms with E-state index in [4.69, 9.17) is 9.47 Å². The smallest absolute Gasteiger partial charge is 0.223 e. The molecule has 2 atom stereocenters. The van der Waals surface area contributed by atoms with Crippen molar-refractivity contribution in [1.82, 2.24) is 0 Å². The SMILES string of the molecule is CCCCCCCCC1OC12OC2CCCCCCCC. The van der Waals surface area contributed by atoms with Crippen LogP contribution < -0.4 is 0 Å². The third-order valence-corrected chi connectivity index (χ3v) is 5.08. The van der Waals surface area contributed by atoms with Crippen LogP contribution >= 0.6 is 0 Å². The molecule has 2 unspecified atom stereocenters. The summed E-state index contributed by atoms with van der Waals surface area (Å²) in [6.07, 6.45) is 19.8. The summed E-state index contributed by atoms with van der Waals surface area (Å²) in [5, 5.41) is 0. The molecule has 0 aromatic heterocycles. The lowest BCUT2D eigenvalue weighted by molar-refractivity contribution is 0.246. The van der Waals surface area contributed by atoms with Crippen LogP contribution in [0, 0.1) is 0 Å². The van der Waals surface area contributed by atoms with Gasteiger partial charge in [0.25, 0.3) is 0 Å². The zero-order valence-corrected chi connectivity index (χ0v) is 14.4. The second-order valence-electron chi connectivity index (χ2n) is 7.05. The maximum absolute atomic E-state index is 5.83. The largest absolute Gasteiger partial charge is 0.336 e. The standard InChI is InChI=1S/C19H36O2/c1-3-5-7-9-11-13-15-17-19(20-17)18(21-19)16-14-12-10-8-6-4-2/h17-18H,3-16H2,1-2H3. The van der Waals surface area contributed by atoms with Gasteiger partial charge in [0.15, 0.2) is 0 Å². The van der Waals surface area contributed by atoms with Crippen molar-refractivity contribution >= 4 is 0 Å². The van der Waals surface area contributed by atoms with Gasteiger partial charge < -0.3 is 9.47 Å². The molecule has 2 aliphatic heterocycles. The lowest BCUT2D eigenvalue weighted by Gasteiger charge is -1.98. The van der Waals surface area contributed by atoms with Crippen LogP contribution in [0.15, 0.2) is 0 Å². The van der Waals surface area contributed by atoms with Crippen LogP contribution in [0.4, 0.5) is 0 Å². The molecular formula is C19H36O2. The van der Waals surface area contributed by atoms with Crippen molar-refractivity contribution in [2.24, 2.45) is 0 Å². The number of hydrogen-bond acceptors (Lipinski definition) is 2. The van der Waals surface area contributed by atoms with Gasteiger partial charge in [0.05, 0.1) is 0 Å². The summed E-state index contributed by atoms with van der Waals surface area (Å²) in [7, 11) is 0. The Labute approximate surface area is 132 Å². The molecule has 21 heavy (non-hydrogen) atoms. The summed E-state index contributed by atoms with van der Waals surface area (Å²) in [4.78, 5) is 0. The minimum Gasteiger partial charge on any atom is -0.336 e. The Morgan fingerprint density at radius 3 is 1.38 bits per heavy atom. The van der Waals surface area contributed by atoms with Gasteiger partial charge >= 0.3 is 0 Å². The van der Waals surface area contributed by atoms with Gasteiger partial charge in [0.2, 0.25) is 5.79 Å². The first-order valence-corrected chi connectivity index (χ1v) is 9.69. The topological polar surface area (TPSA) is 25.1 Å². The number of hydrogen-bond donors (Lipinski definition) is 0. The molecule has 0 aromatic carbocycles. The van der Waals surface area contributed by atoms with Gasteiger partial charge in [-0.15, -0.1) is 0 Å². The van der Waals surface area contributed by atoms with Crippen molar-refractivity contribution in [2.75, 3.05) is 0 Å². The minimum atomic E-state index is -0.0766. The molecule has 0 bridgehead atoms. The first kappa shape index (κ1) is 17.3. The van der Waals surface area contributed by atoms with Crippen LogP contribution in [0.1, 0.15) is 104 Å². The highest BCUT2D eigenvalue weighted by Crippen LogP contribution is 2.58. The maximum Gasteiger partial charge on any atom is 0.223 e. The predicted octanol–water partition coefficient (Wildman–Crippen LogP) is 5.98. The number of ether oxygens (including phenoxy) is 2. The second-order valence-corrected chi connectivity index (χ2v) is 7.05. The Kier molecular flexibility index (Phi) is 7.53. The van der Waals surface area contributed by atoms with Crippen molar-refractivity contribution in [1.29, 1.82) is 0 Å². The first-order chi connectivity index (χ1) is 10.3. The second kappa shape index (κ2) is 9.15. The quantitative estimate of drug-likeness (QED) is 0.291. The lowest BCUT2D eigenvalue weighted by Crippen LogP contribution is -2.01. The molecule has 2 fully saturated rings. The van der Waals surface area contributed by atoms with E-state index in [2.05, 4.69) is 13.8 Å². The van der Waals surface area contributed by atoms with Gasteiger partial charge in [0, 0.05) is 0 Å². The van der Waals surface area contributed by atoms with Crippen molar-refractivity contribution in [3.8, 4) is 0 Å². The zero-order valence-electron chi connectivity index (χ0n) is 14.4. The van der Waals surface area contributed by atoms with Crippen molar-refractivity contribution in [2.45, 2.75) is 122 Å². The molecule has 0 saturated carbocycles. The fraction of sp³-hybridized carbons (Fsp3) is 1.00. The highest BCUT2D eigenvalue weighted by atomic mass is 16.9. The highest BCUT2D eigenvalue weighted by Gasteiger charge is 2.75. The van der Waals surface area contributed by atoms with Crippen LogP contribution in [-0.4, -0.2) is 18.0 Å². The van der Waals surface area contributed by atoms with E-state index in [-0.39, 0.29) is 5.79 Å². The molecule has 0 N–H and O–H groups in total. The van der Waals surface area contributed by atoms with E-state index in [0.717, 1.165) is 0 Å². The summed E-state index contributed by atoms with van der Waals surface area (Å²) in [6.45, 7) is 4.55. The monoisotopic (exact) mass is 296 g/mol. The number of rotatable bonds is 14. The molecule has 0 radical (unpaired) electrons. The Bertz CT molecular complexity index is 249. The average molecular weight is 296 g/mol. The van der Waals surface area contributed by atoms with Gasteiger partial charge in [-0.05, 0) is 12.8 Å². The van der Waals surface area contributed by atoms with Crippen LogP contribution in [-0.2, 0) is 9.47 Å². The molecule has 124 valence electrons. The van der Waals surface area contributed by atoms with Crippen LogP contribution in [0.2, 0.25) is 0 Å². The molecule has 0 aromatic rings. The molecule has 2 aliphatic rings. The normalized spacial score (nSPS) is 30.0. The van der Waals surface area contributed by atoms with E-state index in [9.17, 15) is 0 Å². The lowest BCUT2D eigenvalue weighted by atomic mass is 10.0. The van der Waals surface area contributed by atoms with E-state index in [1.54, 1.807) is 0 Å². The van der Waals surface area contributed by atoms with Crippen LogP contribution in [0.3, 0.4) is 0 Å². The van der Waals surface area contributed by atoms with E-state index in [0.29, 0.717) is 12.2 Å². The summed E-state index contributed by atoms with van der Waals surface area (Å²) in [5.74, 6) is -0.0766. The molecule has 1 spiro atoms. The summed E-state index contributed by atoms with van der Waals surface area (Å²) >= 11 is 0. The summed E-state index contributed by atoms with van der Waals surface area (Å²) < 4.78 is 11.7. The van der Waals surface area contributed by atoms with Gasteiger partial charge in [-0.2, -0.15) is 0 Å². The van der Waals surface area contributed by atoms with E-state index >= 15 is 0 Å². The molecule has 2 nitrogen and oxygen atoms in total. The Hall–Kier alpha value is -0.0800. The van der Waals surface area contributed by atoms with Gasteiger partial charge in [-0.3, -0.25) is 0 Å². The number of epoxide rings is 2. The Balaban J connectivity index is 1.39. The first-order valence-electron chi connectivity index (χ1n) is 9.69. The molecule has 2 heteroatoms. The fourth-order valence-electron chi connectivity index (χ4n) is 3.50. The molecule has 2 heterocycles. The summed E-state index contributed by atoms with van der Waals surface area (Å²) in [5.41, 5.74) is 0. The van der Waals surface area contributed by atoms with E-state index in [1.165, 1.54) is 89.9 Å². The third-order valence-electron chi connectivity index (χ3n) is 5.08. The molecule has 0 aliphatic carbocycles. The van der Waals surface area contributed by atoms with Gasteiger partial charge in [0.1, 0.15) is 12.2 Å². The molecule has 0 amide bonds. The predicted molar refractivity (Wildman–Crippen MR) is 88.5 cm³/mol. The Morgan fingerprint density at radius 1 is 0.571 bits per heavy atom. The van der Waals surface area contributed by atoms with Crippen molar-refractivity contribution in [3.63, 3.8) is 0 Å².